The molecule has 3 rings (SSSR count). The number of piperazine rings is 1. The number of anilines is 1. The lowest BCUT2D eigenvalue weighted by molar-refractivity contribution is -0.122. The third-order valence-corrected chi connectivity index (χ3v) is 4.86. The number of rotatable bonds is 7. The molecule has 0 saturated carbocycles. The molecular formula is C20H26N4O2. The number of hydrogen-bond donors (Lipinski definition) is 1. The monoisotopic (exact) mass is 354 g/mol. The van der Waals surface area contributed by atoms with E-state index in [9.17, 15) is 4.79 Å². The van der Waals surface area contributed by atoms with Crippen LogP contribution in [0.4, 0.5) is 5.69 Å². The molecule has 26 heavy (non-hydrogen) atoms. The summed E-state index contributed by atoms with van der Waals surface area (Å²) >= 11 is 0. The summed E-state index contributed by atoms with van der Waals surface area (Å²) in [5.74, 6) is 0.414. The summed E-state index contributed by atoms with van der Waals surface area (Å²) < 4.78 is 5.46. The van der Waals surface area contributed by atoms with Gasteiger partial charge in [0, 0.05) is 51.0 Å². The van der Waals surface area contributed by atoms with Crippen LogP contribution < -0.4 is 15.4 Å². The smallest absolute Gasteiger partial charge is 0.222 e. The number of nitrogens with two attached hydrogens (primary N) is 1. The van der Waals surface area contributed by atoms with Crippen LogP contribution in [0.25, 0.3) is 0 Å². The molecule has 0 unspecified atom stereocenters. The molecule has 6 heteroatoms. The van der Waals surface area contributed by atoms with E-state index >= 15 is 0 Å². The van der Waals surface area contributed by atoms with Gasteiger partial charge in [-0.15, -0.1) is 0 Å². The highest BCUT2D eigenvalue weighted by Crippen LogP contribution is 2.28. The van der Waals surface area contributed by atoms with E-state index in [1.54, 1.807) is 13.3 Å². The number of benzene rings is 1. The minimum absolute atomic E-state index is 0.220. The van der Waals surface area contributed by atoms with Crippen molar-refractivity contribution >= 4 is 11.6 Å². The summed E-state index contributed by atoms with van der Waals surface area (Å²) in [4.78, 5) is 20.8. The number of hydrogen-bond acceptors (Lipinski definition) is 5. The Balaban J connectivity index is 1.57. The molecule has 0 aliphatic carbocycles. The second-order valence-electron chi connectivity index (χ2n) is 6.58. The molecule has 1 aliphatic heterocycles. The standard InChI is InChI=1S/C20H26N4O2/c1-26-19-8-3-2-7-18(19)24-12-10-23(11-13-24)15-16(20(21)25)14-17-6-4-5-9-22-17/h2-9,16H,10-15H2,1H3,(H2,21,25)/t16-/m1/s1. The quantitative estimate of drug-likeness (QED) is 0.817. The molecule has 1 saturated heterocycles. The first-order valence-electron chi connectivity index (χ1n) is 8.97. The van der Waals surface area contributed by atoms with E-state index in [1.165, 1.54) is 0 Å². The molecule has 1 aromatic carbocycles. The van der Waals surface area contributed by atoms with Crippen molar-refractivity contribution in [1.82, 2.24) is 9.88 Å². The van der Waals surface area contributed by atoms with Crippen LogP contribution in [0.3, 0.4) is 0 Å². The summed E-state index contributed by atoms with van der Waals surface area (Å²) in [6.45, 7) is 4.25. The van der Waals surface area contributed by atoms with Gasteiger partial charge in [-0.25, -0.2) is 0 Å². The fraction of sp³-hybridized carbons (Fsp3) is 0.400. The van der Waals surface area contributed by atoms with Crippen LogP contribution in [0.1, 0.15) is 5.69 Å². The summed E-state index contributed by atoms with van der Waals surface area (Å²) in [5, 5.41) is 0. The number of carbonyl (C=O) groups is 1. The van der Waals surface area contributed by atoms with E-state index in [0.717, 1.165) is 43.3 Å². The molecule has 1 atom stereocenters. The highest BCUT2D eigenvalue weighted by molar-refractivity contribution is 5.77. The van der Waals surface area contributed by atoms with Crippen LogP contribution in [0.2, 0.25) is 0 Å². The average molecular weight is 354 g/mol. The SMILES string of the molecule is COc1ccccc1N1CCN(C[C@@H](Cc2ccccn2)C(N)=O)CC1. The van der Waals surface area contributed by atoms with Crippen molar-refractivity contribution < 1.29 is 9.53 Å². The molecule has 0 bridgehead atoms. The first kappa shape index (κ1) is 18.2. The topological polar surface area (TPSA) is 71.7 Å². The number of pyridine rings is 1. The molecule has 6 nitrogen and oxygen atoms in total. The Morgan fingerprint density at radius 1 is 1.15 bits per heavy atom. The second kappa shape index (κ2) is 8.67. The molecule has 1 fully saturated rings. The van der Waals surface area contributed by atoms with E-state index in [4.69, 9.17) is 10.5 Å². The van der Waals surface area contributed by atoms with E-state index < -0.39 is 0 Å². The normalized spacial score (nSPS) is 16.3. The van der Waals surface area contributed by atoms with Crippen LogP contribution in [0.5, 0.6) is 5.75 Å². The Kier molecular flexibility index (Phi) is 6.07. The van der Waals surface area contributed by atoms with Gasteiger partial charge in [0.1, 0.15) is 5.75 Å². The van der Waals surface area contributed by atoms with Gasteiger partial charge in [-0.1, -0.05) is 18.2 Å². The van der Waals surface area contributed by atoms with Gasteiger partial charge in [0.2, 0.25) is 5.91 Å². The van der Waals surface area contributed by atoms with Crippen molar-refractivity contribution in [2.45, 2.75) is 6.42 Å². The van der Waals surface area contributed by atoms with E-state index in [0.29, 0.717) is 13.0 Å². The maximum absolute atomic E-state index is 11.9. The van der Waals surface area contributed by atoms with Gasteiger partial charge in [-0.3, -0.25) is 14.7 Å². The molecule has 1 aromatic heterocycles. The van der Waals surface area contributed by atoms with Gasteiger partial charge in [-0.05, 0) is 24.3 Å². The first-order chi connectivity index (χ1) is 12.7. The molecule has 0 spiro atoms. The van der Waals surface area contributed by atoms with E-state index in [1.807, 2.05) is 36.4 Å². The highest BCUT2D eigenvalue weighted by Gasteiger charge is 2.24. The maximum atomic E-state index is 11.9. The van der Waals surface area contributed by atoms with Crippen molar-refractivity contribution in [3.8, 4) is 5.75 Å². The Hall–Kier alpha value is -2.60. The number of methoxy groups -OCH3 is 1. The summed E-state index contributed by atoms with van der Waals surface area (Å²) in [6, 6.07) is 13.8. The zero-order chi connectivity index (χ0) is 18.4. The largest absolute Gasteiger partial charge is 0.495 e. The average Bonchev–Trinajstić information content (AvgIpc) is 2.69. The number of para-hydroxylation sites is 2. The van der Waals surface area contributed by atoms with Gasteiger partial charge in [0.25, 0.3) is 0 Å². The third-order valence-electron chi connectivity index (χ3n) is 4.86. The van der Waals surface area contributed by atoms with E-state index in [-0.39, 0.29) is 11.8 Å². The van der Waals surface area contributed by atoms with E-state index in [2.05, 4.69) is 20.9 Å². The van der Waals surface area contributed by atoms with Gasteiger partial charge in [0.05, 0.1) is 18.7 Å². The van der Waals surface area contributed by atoms with Gasteiger partial charge >= 0.3 is 0 Å². The van der Waals surface area contributed by atoms with Crippen LogP contribution in [0.15, 0.2) is 48.7 Å². The summed E-state index contributed by atoms with van der Waals surface area (Å²) in [7, 11) is 1.70. The molecule has 2 aromatic rings. The Bertz CT molecular complexity index is 715. The first-order valence-corrected chi connectivity index (χ1v) is 8.97. The van der Waals surface area contributed by atoms with Crippen molar-refractivity contribution in [2.24, 2.45) is 11.7 Å². The Morgan fingerprint density at radius 3 is 2.54 bits per heavy atom. The van der Waals surface area contributed by atoms with Crippen LogP contribution >= 0.6 is 0 Å². The predicted molar refractivity (Wildman–Crippen MR) is 102 cm³/mol. The second-order valence-corrected chi connectivity index (χ2v) is 6.58. The highest BCUT2D eigenvalue weighted by atomic mass is 16.5. The maximum Gasteiger partial charge on any atom is 0.222 e. The predicted octanol–water partition coefficient (Wildman–Crippen LogP) is 1.56. The fourth-order valence-electron chi connectivity index (χ4n) is 3.40. The van der Waals surface area contributed by atoms with Gasteiger partial charge in [-0.2, -0.15) is 0 Å². The number of carbonyl (C=O) groups excluding carboxylic acids is 1. The zero-order valence-electron chi connectivity index (χ0n) is 15.2. The van der Waals surface area contributed by atoms with Gasteiger partial charge in [0.15, 0.2) is 0 Å². The molecular weight excluding hydrogens is 328 g/mol. The van der Waals surface area contributed by atoms with Gasteiger partial charge < -0.3 is 15.4 Å². The fourth-order valence-corrected chi connectivity index (χ4v) is 3.40. The third kappa shape index (κ3) is 4.52. The van der Waals surface area contributed by atoms with Crippen molar-refractivity contribution in [1.29, 1.82) is 0 Å². The molecule has 0 radical (unpaired) electrons. The van der Waals surface area contributed by atoms with Crippen LogP contribution in [-0.2, 0) is 11.2 Å². The minimum atomic E-state index is -0.261. The van der Waals surface area contributed by atoms with Crippen LogP contribution in [0, 0.1) is 5.92 Å². The lowest BCUT2D eigenvalue weighted by atomic mass is 10.0. The molecule has 2 heterocycles. The molecule has 1 aliphatic rings. The number of nitrogens with zero attached hydrogens (tertiary/aromatic N) is 3. The Labute approximate surface area is 154 Å². The Morgan fingerprint density at radius 2 is 1.88 bits per heavy atom. The number of aromatic nitrogens is 1. The summed E-state index contributed by atoms with van der Waals surface area (Å²) in [6.07, 6.45) is 2.34. The lowest BCUT2D eigenvalue weighted by Crippen LogP contribution is -2.49. The number of primary amides is 1. The minimum Gasteiger partial charge on any atom is -0.495 e. The zero-order valence-corrected chi connectivity index (χ0v) is 15.2. The van der Waals surface area contributed by atoms with Crippen molar-refractivity contribution in [3.05, 3.63) is 54.4 Å². The number of ether oxygens (including phenoxy) is 1. The van der Waals surface area contributed by atoms with Crippen molar-refractivity contribution in [2.75, 3.05) is 44.7 Å². The van der Waals surface area contributed by atoms with Crippen molar-refractivity contribution in [3.63, 3.8) is 0 Å². The molecule has 2 N–H and O–H groups in total. The lowest BCUT2D eigenvalue weighted by Gasteiger charge is -2.37. The van der Waals surface area contributed by atoms with Crippen LogP contribution in [-0.4, -0.2) is 55.6 Å². The summed E-state index contributed by atoms with van der Waals surface area (Å²) in [5.41, 5.74) is 7.66. The molecule has 1 amide bonds. The molecule has 138 valence electrons. The number of amides is 1.